The highest BCUT2D eigenvalue weighted by molar-refractivity contribution is 7.90. The summed E-state index contributed by atoms with van der Waals surface area (Å²) < 4.78 is 84.8. The number of aliphatic hydroxyl groups excluding tert-OH is 1. The number of aliphatic hydroxyl groups is 1. The average molecular weight is 389 g/mol. The Morgan fingerprint density at radius 1 is 1.23 bits per heavy atom. The van der Waals surface area contributed by atoms with Gasteiger partial charge in [0.2, 0.25) is 0 Å². The van der Waals surface area contributed by atoms with Crippen LogP contribution >= 0.6 is 0 Å². The lowest BCUT2D eigenvalue weighted by Gasteiger charge is -2.16. The number of fused-ring (bicyclic) bond motifs is 1. The van der Waals surface area contributed by atoms with E-state index in [4.69, 9.17) is 4.74 Å². The van der Waals surface area contributed by atoms with Crippen molar-refractivity contribution in [3.63, 3.8) is 0 Å². The van der Waals surface area contributed by atoms with Crippen LogP contribution < -0.4 is 4.74 Å². The second kappa shape index (κ2) is 5.95. The van der Waals surface area contributed by atoms with E-state index in [1.54, 1.807) is 0 Å². The molecule has 0 heterocycles. The van der Waals surface area contributed by atoms with Gasteiger partial charge in [0.15, 0.2) is 21.4 Å². The number of ether oxygens (including phenoxy) is 1. The summed E-state index contributed by atoms with van der Waals surface area (Å²) in [5.41, 5.74) is -0.881. The number of halogens is 4. The molecule has 2 aromatic rings. The Morgan fingerprint density at radius 3 is 2.46 bits per heavy atom. The molecule has 1 unspecified atom stereocenters. The predicted octanol–water partition coefficient (Wildman–Crippen LogP) is 3.57. The summed E-state index contributed by atoms with van der Waals surface area (Å²) in [6, 6.07) is 3.74. The zero-order chi connectivity index (χ0) is 19.4. The fourth-order valence-electron chi connectivity index (χ4n) is 2.91. The van der Waals surface area contributed by atoms with E-state index < -0.39 is 61.7 Å². The molecule has 0 amide bonds. The molecule has 0 spiro atoms. The average Bonchev–Trinajstić information content (AvgIpc) is 2.70. The van der Waals surface area contributed by atoms with Gasteiger partial charge in [-0.2, -0.15) is 0 Å². The van der Waals surface area contributed by atoms with Crippen molar-refractivity contribution in [1.82, 2.24) is 0 Å². The van der Waals surface area contributed by atoms with Crippen molar-refractivity contribution >= 4 is 9.84 Å². The number of sulfone groups is 1. The van der Waals surface area contributed by atoms with Crippen LogP contribution in [0.15, 0.2) is 29.2 Å². The molecular formula is C17H13F4O4S. The van der Waals surface area contributed by atoms with Gasteiger partial charge in [0.25, 0.3) is 5.92 Å². The third-order valence-electron chi connectivity index (χ3n) is 3.98. The summed E-state index contributed by atoms with van der Waals surface area (Å²) in [6.45, 7) is 3.51. The van der Waals surface area contributed by atoms with Crippen LogP contribution in [0.1, 0.15) is 22.8 Å². The predicted molar refractivity (Wildman–Crippen MR) is 84.1 cm³/mol. The van der Waals surface area contributed by atoms with Crippen LogP contribution in [0.5, 0.6) is 11.5 Å². The number of benzene rings is 2. The quantitative estimate of drug-likeness (QED) is 0.816. The molecule has 0 aromatic heterocycles. The lowest BCUT2D eigenvalue weighted by atomic mass is 10.1. The van der Waals surface area contributed by atoms with E-state index in [1.807, 2.05) is 0 Å². The SMILES string of the molecule is [CH2]c1cc(F)cc(Oc2c(F)cc(S(C)(=O)=O)c3c2CC(F)(F)C3O)c1. The van der Waals surface area contributed by atoms with E-state index in [2.05, 4.69) is 6.92 Å². The van der Waals surface area contributed by atoms with Gasteiger partial charge >= 0.3 is 0 Å². The summed E-state index contributed by atoms with van der Waals surface area (Å²) in [6.07, 6.45) is -2.83. The summed E-state index contributed by atoms with van der Waals surface area (Å²) in [7, 11) is -4.10. The zero-order valence-electron chi connectivity index (χ0n) is 13.4. The maximum Gasteiger partial charge on any atom is 0.281 e. The van der Waals surface area contributed by atoms with E-state index in [-0.39, 0.29) is 11.3 Å². The van der Waals surface area contributed by atoms with Crippen LogP contribution in [0.3, 0.4) is 0 Å². The molecule has 139 valence electrons. The van der Waals surface area contributed by atoms with Crippen LogP contribution in [-0.4, -0.2) is 25.7 Å². The van der Waals surface area contributed by atoms with Gasteiger partial charge in [-0.25, -0.2) is 26.0 Å². The van der Waals surface area contributed by atoms with Crippen molar-refractivity contribution in [3.8, 4) is 11.5 Å². The highest BCUT2D eigenvalue weighted by Gasteiger charge is 2.51. The van der Waals surface area contributed by atoms with E-state index in [1.165, 1.54) is 6.07 Å². The number of alkyl halides is 2. The Kier molecular flexibility index (Phi) is 4.27. The minimum Gasteiger partial charge on any atom is -0.454 e. The topological polar surface area (TPSA) is 63.6 Å². The first-order chi connectivity index (χ1) is 11.9. The lowest BCUT2D eigenvalue weighted by molar-refractivity contribution is -0.0976. The van der Waals surface area contributed by atoms with Gasteiger partial charge in [0.05, 0.1) is 4.90 Å². The molecule has 0 saturated carbocycles. The molecule has 0 fully saturated rings. The molecule has 0 aliphatic heterocycles. The molecule has 0 bridgehead atoms. The monoisotopic (exact) mass is 389 g/mol. The van der Waals surface area contributed by atoms with E-state index in [0.717, 1.165) is 12.1 Å². The highest BCUT2D eigenvalue weighted by Crippen LogP contribution is 2.50. The molecule has 3 rings (SSSR count). The maximum atomic E-state index is 14.5. The van der Waals surface area contributed by atoms with Gasteiger partial charge in [-0.3, -0.25) is 0 Å². The Bertz CT molecular complexity index is 982. The molecule has 0 saturated heterocycles. The first kappa shape index (κ1) is 18.7. The van der Waals surface area contributed by atoms with Gasteiger partial charge in [-0.1, -0.05) is 0 Å². The summed E-state index contributed by atoms with van der Waals surface area (Å²) in [5, 5.41) is 9.86. The van der Waals surface area contributed by atoms with Crippen LogP contribution in [0.25, 0.3) is 0 Å². The smallest absolute Gasteiger partial charge is 0.281 e. The van der Waals surface area contributed by atoms with Gasteiger partial charge in [-0.05, 0) is 30.7 Å². The molecule has 1 aliphatic carbocycles. The van der Waals surface area contributed by atoms with Crippen LogP contribution in [0, 0.1) is 18.6 Å². The van der Waals surface area contributed by atoms with Crippen molar-refractivity contribution in [3.05, 3.63) is 59.5 Å². The highest BCUT2D eigenvalue weighted by atomic mass is 32.2. The van der Waals surface area contributed by atoms with E-state index in [0.29, 0.717) is 12.3 Å². The Balaban J connectivity index is 2.22. The molecule has 1 aliphatic rings. The standard InChI is InChI=1S/C17H13F4O4S/c1-8-3-9(18)5-10(4-8)25-15-11-7-17(20,21)16(22)14(11)13(6-12(15)19)26(2,23)24/h3-6,16,22H,1,7H2,2H3. The van der Waals surface area contributed by atoms with Crippen LogP contribution in [-0.2, 0) is 16.3 Å². The van der Waals surface area contributed by atoms with Crippen molar-refractivity contribution < 1.29 is 35.8 Å². The maximum absolute atomic E-state index is 14.5. The minimum absolute atomic E-state index is 0.201. The van der Waals surface area contributed by atoms with Crippen molar-refractivity contribution in [2.24, 2.45) is 0 Å². The Morgan fingerprint density at radius 2 is 1.88 bits per heavy atom. The molecular weight excluding hydrogens is 376 g/mol. The first-order valence-corrected chi connectivity index (χ1v) is 9.21. The van der Waals surface area contributed by atoms with Crippen LogP contribution in [0.2, 0.25) is 0 Å². The van der Waals surface area contributed by atoms with Gasteiger partial charge < -0.3 is 9.84 Å². The fourth-order valence-corrected chi connectivity index (χ4v) is 3.86. The first-order valence-electron chi connectivity index (χ1n) is 7.32. The third kappa shape index (κ3) is 3.16. The molecule has 1 radical (unpaired) electrons. The van der Waals surface area contributed by atoms with E-state index >= 15 is 0 Å². The normalized spacial score (nSPS) is 18.7. The van der Waals surface area contributed by atoms with Gasteiger partial charge in [0, 0.05) is 29.9 Å². The summed E-state index contributed by atoms with van der Waals surface area (Å²) in [5.74, 6) is -6.54. The fraction of sp³-hybridized carbons (Fsp3) is 0.235. The number of hydrogen-bond acceptors (Lipinski definition) is 4. The second-order valence-corrected chi connectivity index (χ2v) is 8.07. The van der Waals surface area contributed by atoms with Crippen molar-refractivity contribution in [1.29, 1.82) is 0 Å². The molecule has 9 heteroatoms. The molecule has 26 heavy (non-hydrogen) atoms. The van der Waals surface area contributed by atoms with Gasteiger partial charge in [0.1, 0.15) is 17.7 Å². The van der Waals surface area contributed by atoms with Gasteiger partial charge in [-0.15, -0.1) is 0 Å². The van der Waals surface area contributed by atoms with Crippen LogP contribution in [0.4, 0.5) is 17.6 Å². The number of hydrogen-bond donors (Lipinski definition) is 1. The Hall–Kier alpha value is -2.13. The minimum atomic E-state index is -4.10. The number of rotatable bonds is 3. The molecule has 4 nitrogen and oxygen atoms in total. The van der Waals surface area contributed by atoms with E-state index in [9.17, 15) is 31.1 Å². The lowest BCUT2D eigenvalue weighted by Crippen LogP contribution is -2.22. The molecule has 1 atom stereocenters. The third-order valence-corrected chi connectivity index (χ3v) is 5.11. The van der Waals surface area contributed by atoms with Crippen molar-refractivity contribution in [2.75, 3.05) is 6.26 Å². The summed E-state index contributed by atoms with van der Waals surface area (Å²) >= 11 is 0. The van der Waals surface area contributed by atoms with Crippen molar-refractivity contribution in [2.45, 2.75) is 23.3 Å². The molecule has 1 N–H and O–H groups in total. The largest absolute Gasteiger partial charge is 0.454 e. The zero-order valence-corrected chi connectivity index (χ0v) is 14.2. The Labute approximate surface area is 147 Å². The second-order valence-electron chi connectivity index (χ2n) is 6.09. The molecule has 2 aromatic carbocycles. The summed E-state index contributed by atoms with van der Waals surface area (Å²) in [4.78, 5) is -0.737.